The summed E-state index contributed by atoms with van der Waals surface area (Å²) in [6.45, 7) is 11.0. The van der Waals surface area contributed by atoms with Crippen LogP contribution < -0.4 is 5.32 Å². The van der Waals surface area contributed by atoms with E-state index in [9.17, 15) is 4.79 Å². The Labute approximate surface area is 214 Å². The Morgan fingerprint density at radius 1 is 1.00 bits per heavy atom. The lowest BCUT2D eigenvalue weighted by Gasteiger charge is -2.26. The van der Waals surface area contributed by atoms with Gasteiger partial charge in [-0.05, 0) is 47.4 Å². The highest BCUT2D eigenvalue weighted by molar-refractivity contribution is 7.99. The molecule has 1 saturated carbocycles. The van der Waals surface area contributed by atoms with E-state index in [1.165, 1.54) is 42.2 Å². The van der Waals surface area contributed by atoms with E-state index in [0.717, 1.165) is 35.1 Å². The molecule has 0 aliphatic heterocycles. The van der Waals surface area contributed by atoms with Crippen LogP contribution in [0.4, 0.5) is 5.69 Å². The van der Waals surface area contributed by atoms with Crippen LogP contribution in [0.3, 0.4) is 0 Å². The van der Waals surface area contributed by atoms with Gasteiger partial charge >= 0.3 is 0 Å². The van der Waals surface area contributed by atoms with Gasteiger partial charge < -0.3 is 5.32 Å². The third-order valence-corrected chi connectivity index (χ3v) is 7.75. The minimum absolute atomic E-state index is 0.0263. The van der Waals surface area contributed by atoms with Crippen LogP contribution in [0.25, 0.3) is 11.4 Å². The number of rotatable bonds is 7. The van der Waals surface area contributed by atoms with Gasteiger partial charge in [-0.25, -0.2) is 0 Å². The highest BCUT2D eigenvalue weighted by atomic mass is 32.2. The van der Waals surface area contributed by atoms with Crippen molar-refractivity contribution in [3.63, 3.8) is 0 Å². The van der Waals surface area contributed by atoms with Crippen molar-refractivity contribution in [3.05, 3.63) is 59.7 Å². The highest BCUT2D eigenvalue weighted by Crippen LogP contribution is 2.36. The van der Waals surface area contributed by atoms with Gasteiger partial charge in [-0.15, -0.1) is 10.2 Å². The summed E-state index contributed by atoms with van der Waals surface area (Å²) in [7, 11) is 0. The predicted octanol–water partition coefficient (Wildman–Crippen LogP) is 7.60. The monoisotopic (exact) mass is 490 g/mol. The Bertz CT molecular complexity index is 1120. The van der Waals surface area contributed by atoms with E-state index < -0.39 is 0 Å². The van der Waals surface area contributed by atoms with Gasteiger partial charge in [0.15, 0.2) is 11.0 Å². The second kappa shape index (κ2) is 11.0. The number of amides is 1. The molecular formula is C29H38N4OS. The van der Waals surface area contributed by atoms with E-state index >= 15 is 0 Å². The molecule has 5 nitrogen and oxygen atoms in total. The molecule has 1 aromatic heterocycles. The maximum Gasteiger partial charge on any atom is 0.234 e. The normalized spacial score (nSPS) is 14.9. The zero-order chi connectivity index (χ0) is 25.0. The quantitative estimate of drug-likeness (QED) is 0.346. The van der Waals surface area contributed by atoms with Gasteiger partial charge in [0.1, 0.15) is 0 Å². The molecule has 0 atom stereocenters. The molecular weight excluding hydrogens is 452 g/mol. The standard InChI is InChI=1S/C29H38N4OS/c1-20(2)21-13-17-24(18-14-21)30-26(34)19-35-28-32-31-27(33(28)25-9-7-6-8-10-25)22-11-15-23(16-12-22)29(3,4)5/h11-18,20,25H,6-10,19H2,1-5H3,(H,30,34). The molecule has 3 aromatic rings. The van der Waals surface area contributed by atoms with Crippen LogP contribution in [-0.2, 0) is 10.2 Å². The summed E-state index contributed by atoms with van der Waals surface area (Å²) < 4.78 is 2.29. The molecule has 6 heteroatoms. The lowest BCUT2D eigenvalue weighted by molar-refractivity contribution is -0.113. The molecule has 1 amide bonds. The molecule has 0 spiro atoms. The maximum absolute atomic E-state index is 12.7. The summed E-state index contributed by atoms with van der Waals surface area (Å²) >= 11 is 1.48. The minimum Gasteiger partial charge on any atom is -0.325 e. The van der Waals surface area contributed by atoms with Crippen molar-refractivity contribution < 1.29 is 4.79 Å². The summed E-state index contributed by atoms with van der Waals surface area (Å²) in [5.41, 5.74) is 4.59. The minimum atomic E-state index is -0.0263. The van der Waals surface area contributed by atoms with Crippen molar-refractivity contribution in [2.75, 3.05) is 11.1 Å². The first-order valence-electron chi connectivity index (χ1n) is 12.8. The van der Waals surface area contributed by atoms with Crippen LogP contribution in [0, 0.1) is 0 Å². The van der Waals surface area contributed by atoms with Gasteiger partial charge in [0.2, 0.25) is 5.91 Å². The first-order chi connectivity index (χ1) is 16.7. The van der Waals surface area contributed by atoms with Crippen LogP contribution in [0.1, 0.15) is 89.8 Å². The maximum atomic E-state index is 12.7. The van der Waals surface area contributed by atoms with Crippen molar-refractivity contribution >= 4 is 23.4 Å². The van der Waals surface area contributed by atoms with E-state index in [0.29, 0.717) is 17.7 Å². The molecule has 4 rings (SSSR count). The van der Waals surface area contributed by atoms with E-state index in [2.05, 4.69) is 91.1 Å². The highest BCUT2D eigenvalue weighted by Gasteiger charge is 2.25. The Morgan fingerprint density at radius 3 is 2.26 bits per heavy atom. The fourth-order valence-corrected chi connectivity index (χ4v) is 5.44. The average Bonchev–Trinajstić information content (AvgIpc) is 3.27. The largest absolute Gasteiger partial charge is 0.325 e. The molecule has 1 aliphatic rings. The summed E-state index contributed by atoms with van der Waals surface area (Å²) in [4.78, 5) is 12.7. The fraction of sp³-hybridized carbons (Fsp3) is 0.483. The third-order valence-electron chi connectivity index (χ3n) is 6.81. The smallest absolute Gasteiger partial charge is 0.234 e. The first kappa shape index (κ1) is 25.5. The number of thioether (sulfide) groups is 1. The third kappa shape index (κ3) is 6.35. The Morgan fingerprint density at radius 2 is 1.66 bits per heavy atom. The molecule has 1 N–H and O–H groups in total. The van der Waals surface area contributed by atoms with Crippen LogP contribution in [0.15, 0.2) is 53.7 Å². The second-order valence-electron chi connectivity index (χ2n) is 10.9. The molecule has 1 heterocycles. The molecule has 186 valence electrons. The van der Waals surface area contributed by atoms with Crippen LogP contribution in [0.5, 0.6) is 0 Å². The number of carbonyl (C=O) groups is 1. The number of benzene rings is 2. The van der Waals surface area contributed by atoms with Gasteiger partial charge in [-0.3, -0.25) is 9.36 Å². The van der Waals surface area contributed by atoms with Crippen molar-refractivity contribution in [1.82, 2.24) is 14.8 Å². The molecule has 35 heavy (non-hydrogen) atoms. The zero-order valence-electron chi connectivity index (χ0n) is 21.7. The van der Waals surface area contributed by atoms with Gasteiger partial charge in [0.25, 0.3) is 0 Å². The van der Waals surface area contributed by atoms with Crippen molar-refractivity contribution in [2.24, 2.45) is 0 Å². The molecule has 0 saturated heterocycles. The number of nitrogens with one attached hydrogen (secondary N) is 1. The molecule has 1 fully saturated rings. The van der Waals surface area contributed by atoms with Crippen molar-refractivity contribution in [3.8, 4) is 11.4 Å². The van der Waals surface area contributed by atoms with E-state index in [-0.39, 0.29) is 11.3 Å². The van der Waals surface area contributed by atoms with E-state index in [1.54, 1.807) is 0 Å². The summed E-state index contributed by atoms with van der Waals surface area (Å²) in [5, 5.41) is 13.0. The Hall–Kier alpha value is -2.60. The zero-order valence-corrected chi connectivity index (χ0v) is 22.5. The fourth-order valence-electron chi connectivity index (χ4n) is 4.64. The number of hydrogen-bond donors (Lipinski definition) is 1. The van der Waals surface area contributed by atoms with Crippen LogP contribution in [0.2, 0.25) is 0 Å². The Kier molecular flexibility index (Phi) is 8.00. The van der Waals surface area contributed by atoms with Gasteiger partial charge in [0.05, 0.1) is 5.75 Å². The first-order valence-corrected chi connectivity index (χ1v) is 13.8. The van der Waals surface area contributed by atoms with Gasteiger partial charge in [-0.1, -0.05) is 102 Å². The summed E-state index contributed by atoms with van der Waals surface area (Å²) in [6, 6.07) is 17.2. The molecule has 0 unspecified atom stereocenters. The van der Waals surface area contributed by atoms with Gasteiger partial charge in [0, 0.05) is 17.3 Å². The second-order valence-corrected chi connectivity index (χ2v) is 11.9. The number of carbonyl (C=O) groups excluding carboxylic acids is 1. The molecule has 0 bridgehead atoms. The lowest BCUT2D eigenvalue weighted by Crippen LogP contribution is -2.17. The molecule has 1 aliphatic carbocycles. The SMILES string of the molecule is CC(C)c1ccc(NC(=O)CSc2nnc(-c3ccc(C(C)(C)C)cc3)n2C2CCCCC2)cc1. The van der Waals surface area contributed by atoms with E-state index in [1.807, 2.05) is 12.1 Å². The Balaban J connectivity index is 1.51. The van der Waals surface area contributed by atoms with Gasteiger partial charge in [-0.2, -0.15) is 0 Å². The summed E-state index contributed by atoms with van der Waals surface area (Å²) in [6.07, 6.45) is 6.00. The predicted molar refractivity (Wildman–Crippen MR) is 146 cm³/mol. The number of anilines is 1. The number of aromatic nitrogens is 3. The lowest BCUT2D eigenvalue weighted by atomic mass is 9.86. The topological polar surface area (TPSA) is 59.8 Å². The number of hydrogen-bond acceptors (Lipinski definition) is 4. The van der Waals surface area contributed by atoms with Crippen molar-refractivity contribution in [2.45, 2.75) is 89.3 Å². The molecule has 2 aromatic carbocycles. The summed E-state index contributed by atoms with van der Waals surface area (Å²) in [5.74, 6) is 1.66. The van der Waals surface area contributed by atoms with E-state index in [4.69, 9.17) is 0 Å². The van der Waals surface area contributed by atoms with Crippen LogP contribution >= 0.6 is 11.8 Å². The van der Waals surface area contributed by atoms with Crippen molar-refractivity contribution in [1.29, 1.82) is 0 Å². The average molecular weight is 491 g/mol. The number of nitrogens with zero attached hydrogens (tertiary/aromatic N) is 3. The van der Waals surface area contributed by atoms with Crippen LogP contribution in [-0.4, -0.2) is 26.4 Å². The molecule has 0 radical (unpaired) electrons.